The van der Waals surface area contributed by atoms with E-state index in [1.807, 2.05) is 43.0 Å². The number of benzene rings is 2. The predicted octanol–water partition coefficient (Wildman–Crippen LogP) is 4.20. The van der Waals surface area contributed by atoms with Crippen LogP contribution in [0.5, 0.6) is 0 Å². The zero-order chi connectivity index (χ0) is 24.5. The summed E-state index contributed by atoms with van der Waals surface area (Å²) in [5.41, 5.74) is 2.78. The van der Waals surface area contributed by atoms with Crippen molar-refractivity contribution in [1.82, 2.24) is 9.97 Å². The number of nitrogens with zero attached hydrogens (tertiary/aromatic N) is 4. The van der Waals surface area contributed by atoms with Crippen molar-refractivity contribution in [1.29, 1.82) is 0 Å². The van der Waals surface area contributed by atoms with Crippen LogP contribution in [0.4, 0.5) is 27.5 Å². The lowest BCUT2D eigenvalue weighted by Gasteiger charge is -2.40. The fourth-order valence-electron chi connectivity index (χ4n) is 4.61. The molecule has 8 nitrogen and oxygen atoms in total. The molecule has 2 aromatic carbocycles. The Bertz CT molecular complexity index is 1250. The van der Waals surface area contributed by atoms with Gasteiger partial charge >= 0.3 is 0 Å². The summed E-state index contributed by atoms with van der Waals surface area (Å²) >= 11 is 0. The molecule has 3 heterocycles. The smallest absolute Gasteiger partial charge is 0.255 e. The lowest BCUT2D eigenvalue weighted by Crippen LogP contribution is -2.53. The van der Waals surface area contributed by atoms with Gasteiger partial charge in [0.1, 0.15) is 17.5 Å². The summed E-state index contributed by atoms with van der Waals surface area (Å²) in [6, 6.07) is 12.7. The first kappa shape index (κ1) is 22.8. The van der Waals surface area contributed by atoms with Crippen LogP contribution in [0, 0.1) is 5.82 Å². The molecule has 0 spiro atoms. The van der Waals surface area contributed by atoms with Crippen molar-refractivity contribution < 1.29 is 14.0 Å². The van der Waals surface area contributed by atoms with E-state index in [-0.39, 0.29) is 29.7 Å². The molecule has 35 heavy (non-hydrogen) atoms. The minimum atomic E-state index is -0.382. The summed E-state index contributed by atoms with van der Waals surface area (Å²) in [5.74, 6) is 0.749. The van der Waals surface area contributed by atoms with Crippen LogP contribution < -0.4 is 20.4 Å². The van der Waals surface area contributed by atoms with Crippen molar-refractivity contribution in [3.8, 4) is 0 Å². The van der Waals surface area contributed by atoms with Crippen molar-refractivity contribution in [3.05, 3.63) is 71.7 Å². The number of rotatable bonds is 6. The first-order valence-corrected chi connectivity index (χ1v) is 11.8. The molecule has 3 aromatic rings. The molecule has 180 valence electrons. The molecule has 0 radical (unpaired) electrons. The first-order chi connectivity index (χ1) is 16.9. The molecule has 1 saturated heterocycles. The van der Waals surface area contributed by atoms with Crippen LogP contribution in [-0.2, 0) is 11.3 Å². The quantitative estimate of drug-likeness (QED) is 0.557. The van der Waals surface area contributed by atoms with Gasteiger partial charge in [0.2, 0.25) is 11.9 Å². The second kappa shape index (κ2) is 9.32. The molecule has 2 N–H and O–H groups in total. The Morgan fingerprint density at radius 2 is 1.89 bits per heavy atom. The fourth-order valence-corrected chi connectivity index (χ4v) is 4.61. The molecule has 1 fully saturated rings. The number of aromatic nitrogens is 2. The Morgan fingerprint density at radius 3 is 2.60 bits per heavy atom. The molecular weight excluding hydrogens is 447 g/mol. The van der Waals surface area contributed by atoms with Crippen LogP contribution in [0.3, 0.4) is 0 Å². The Morgan fingerprint density at radius 1 is 1.14 bits per heavy atom. The summed E-state index contributed by atoms with van der Waals surface area (Å²) < 4.78 is 13.1. The topological polar surface area (TPSA) is 90.5 Å². The molecule has 0 bridgehead atoms. The van der Waals surface area contributed by atoms with Crippen molar-refractivity contribution in [2.75, 3.05) is 27.0 Å². The highest BCUT2D eigenvalue weighted by Gasteiger charge is 2.42. The monoisotopic (exact) mass is 474 g/mol. The zero-order valence-electron chi connectivity index (χ0n) is 19.7. The maximum atomic E-state index is 13.1. The van der Waals surface area contributed by atoms with Crippen LogP contribution in [0.1, 0.15) is 42.6 Å². The van der Waals surface area contributed by atoms with Gasteiger partial charge in [0.15, 0.2) is 5.82 Å². The van der Waals surface area contributed by atoms with E-state index in [2.05, 4.69) is 20.5 Å². The number of anilines is 4. The highest BCUT2D eigenvalue weighted by atomic mass is 19.1. The van der Waals surface area contributed by atoms with Gasteiger partial charge in [0.05, 0.1) is 6.20 Å². The summed E-state index contributed by atoms with van der Waals surface area (Å²) in [6.07, 6.45) is 3.54. The number of halogens is 1. The fraction of sp³-hybridized carbons (Fsp3) is 0.308. The van der Waals surface area contributed by atoms with E-state index in [1.54, 1.807) is 6.20 Å². The summed E-state index contributed by atoms with van der Waals surface area (Å²) in [4.78, 5) is 38.4. The van der Waals surface area contributed by atoms with Crippen LogP contribution in [0.15, 0.2) is 54.7 Å². The van der Waals surface area contributed by atoms with Crippen LogP contribution in [0.2, 0.25) is 0 Å². The lowest BCUT2D eigenvalue weighted by molar-refractivity contribution is -0.120. The molecule has 1 unspecified atom stereocenters. The van der Waals surface area contributed by atoms with E-state index in [1.165, 1.54) is 24.3 Å². The average Bonchev–Trinajstić information content (AvgIpc) is 3.35. The van der Waals surface area contributed by atoms with E-state index in [4.69, 9.17) is 4.98 Å². The van der Waals surface area contributed by atoms with Gasteiger partial charge in [-0.3, -0.25) is 9.59 Å². The highest BCUT2D eigenvalue weighted by Crippen LogP contribution is 2.39. The summed E-state index contributed by atoms with van der Waals surface area (Å²) in [6.45, 7) is 5.33. The second-order valence-corrected chi connectivity index (χ2v) is 9.07. The number of carbonyl (C=O) groups is 2. The molecule has 1 aromatic heterocycles. The number of fused-ring (bicyclic) bond motifs is 3. The minimum absolute atomic E-state index is 0.0356. The molecule has 2 aliphatic heterocycles. The van der Waals surface area contributed by atoms with Gasteiger partial charge in [-0.2, -0.15) is 4.98 Å². The Hall–Kier alpha value is -4.01. The molecular formula is C26H27FN6O2. The zero-order valence-corrected chi connectivity index (χ0v) is 19.7. The number of amides is 2. The van der Waals surface area contributed by atoms with Crippen LogP contribution >= 0.6 is 0 Å². The summed E-state index contributed by atoms with van der Waals surface area (Å²) in [5, 5.41) is 6.07. The number of carbonyl (C=O) groups excluding carboxylic acids is 2. The maximum absolute atomic E-state index is 13.1. The third kappa shape index (κ3) is 4.53. The molecule has 5 rings (SSSR count). The van der Waals surface area contributed by atoms with Gasteiger partial charge in [-0.15, -0.1) is 0 Å². The molecule has 0 aliphatic carbocycles. The second-order valence-electron chi connectivity index (χ2n) is 9.07. The van der Waals surface area contributed by atoms with Crippen molar-refractivity contribution >= 4 is 35.0 Å². The summed E-state index contributed by atoms with van der Waals surface area (Å²) in [7, 11) is 0. The number of hydrogen-bond acceptors (Lipinski definition) is 6. The predicted molar refractivity (Wildman–Crippen MR) is 133 cm³/mol. The number of hydrogen-bond donors (Lipinski definition) is 2. The molecule has 0 saturated carbocycles. The van der Waals surface area contributed by atoms with Crippen LogP contribution in [-0.4, -0.2) is 40.4 Å². The maximum Gasteiger partial charge on any atom is 0.255 e. The van der Waals surface area contributed by atoms with Gasteiger partial charge in [-0.25, -0.2) is 9.37 Å². The van der Waals surface area contributed by atoms with Crippen molar-refractivity contribution in [2.45, 2.75) is 45.3 Å². The largest absolute Gasteiger partial charge is 0.350 e. The first-order valence-electron chi connectivity index (χ1n) is 11.8. The minimum Gasteiger partial charge on any atom is -0.350 e. The van der Waals surface area contributed by atoms with E-state index >= 15 is 0 Å². The lowest BCUT2D eigenvalue weighted by atomic mass is 10.1. The van der Waals surface area contributed by atoms with Crippen molar-refractivity contribution in [3.63, 3.8) is 0 Å². The SMILES string of the molecule is CC(C)N1C(=O)C2CCCN2c2nc(NCc3ccc(NC(=O)c4ccc(F)cc4)cc3)ncc21. The van der Waals surface area contributed by atoms with Gasteiger partial charge in [-0.05, 0) is 68.7 Å². The van der Waals surface area contributed by atoms with Crippen molar-refractivity contribution in [2.24, 2.45) is 0 Å². The Labute approximate surface area is 203 Å². The van der Waals surface area contributed by atoms with Crippen LogP contribution in [0.25, 0.3) is 0 Å². The standard InChI is InChI=1S/C26H27FN6O2/c1-16(2)33-22-15-29-26(31-23(22)32-13-3-4-21(32)25(33)35)28-14-17-5-11-20(12-6-17)30-24(34)18-7-9-19(27)10-8-18/h5-12,15-16,21H,3-4,13-14H2,1-2H3,(H,30,34)(H,28,29,31). The van der Waals surface area contributed by atoms with Gasteiger partial charge < -0.3 is 20.4 Å². The van der Waals surface area contributed by atoms with E-state index < -0.39 is 0 Å². The van der Waals surface area contributed by atoms with Gasteiger partial charge in [0, 0.05) is 30.4 Å². The van der Waals surface area contributed by atoms with E-state index in [0.29, 0.717) is 23.7 Å². The third-order valence-electron chi connectivity index (χ3n) is 6.34. The Balaban J connectivity index is 1.25. The van der Waals surface area contributed by atoms with E-state index in [9.17, 15) is 14.0 Å². The van der Waals surface area contributed by atoms with E-state index in [0.717, 1.165) is 36.5 Å². The molecule has 2 aliphatic rings. The average molecular weight is 475 g/mol. The Kier molecular flexibility index (Phi) is 6.07. The highest BCUT2D eigenvalue weighted by molar-refractivity contribution is 6.05. The normalized spacial score (nSPS) is 16.8. The molecule has 1 atom stereocenters. The van der Waals surface area contributed by atoms with Gasteiger partial charge in [0.25, 0.3) is 5.91 Å². The number of nitrogens with one attached hydrogen (secondary N) is 2. The van der Waals surface area contributed by atoms with Gasteiger partial charge in [-0.1, -0.05) is 12.1 Å². The third-order valence-corrected chi connectivity index (χ3v) is 6.34. The molecule has 9 heteroatoms. The molecule has 2 amide bonds.